The number of carbonyl (C=O) groups is 1. The first-order chi connectivity index (χ1) is 38.9. The number of alkyl halides is 6. The molecule has 4 bridgehead atoms. The minimum absolute atomic E-state index is 0.0216. The highest BCUT2D eigenvalue weighted by molar-refractivity contribution is 6.34. The van der Waals surface area contributed by atoms with Crippen LogP contribution in [0.3, 0.4) is 0 Å². The molecule has 19 nitrogen and oxygen atoms in total. The van der Waals surface area contributed by atoms with Gasteiger partial charge >= 0.3 is 18.4 Å². The third-order valence-corrected chi connectivity index (χ3v) is 14.5. The molecule has 0 radical (unpaired) electrons. The van der Waals surface area contributed by atoms with Gasteiger partial charge in [0.15, 0.2) is 23.2 Å². The Kier molecular flexibility index (Phi) is 16.8. The summed E-state index contributed by atoms with van der Waals surface area (Å²) < 4.78 is 113. The van der Waals surface area contributed by atoms with Crippen molar-refractivity contribution in [3.63, 3.8) is 0 Å². The predicted octanol–water partition coefficient (Wildman–Crippen LogP) is 11.2. The second-order valence-corrected chi connectivity index (χ2v) is 21.8. The Bertz CT molecular complexity index is 3290. The number of amides is 2. The quantitative estimate of drug-likeness (QED) is 0.115. The number of ether oxygens (including phenoxy) is 6. The molecule has 6 aromatic rings. The van der Waals surface area contributed by atoms with Gasteiger partial charge in [0.1, 0.15) is 25.4 Å². The van der Waals surface area contributed by atoms with Gasteiger partial charge in [-0.25, -0.2) is 24.7 Å². The Morgan fingerprint density at radius 2 is 1.27 bits per heavy atom. The molecule has 6 aliphatic rings. The summed E-state index contributed by atoms with van der Waals surface area (Å²) in [4.78, 5) is 44.9. The Balaban J connectivity index is 0.000000157. The van der Waals surface area contributed by atoms with Gasteiger partial charge in [-0.05, 0) is 89.8 Å². The van der Waals surface area contributed by atoms with E-state index in [-0.39, 0.29) is 58.9 Å². The SMILES string of the molecule is CC1(C)OC[C@@H](COc2ccnc(N)n2)O1.CC1(C)OC[C@@H](COc2ccnc(NC(=O)N3c4nc(-c5cccc(C(F)(F)F)c5)c(Cl)cc4N4CCC[C@H]3C4)n2)O1.FC(F)(F)c1cccc(-c2nc3c(cc2Cl)N2CCC[C@@H](C2)N3)c1. The van der Waals surface area contributed by atoms with Crippen LogP contribution in [0.4, 0.5) is 66.0 Å². The number of benzene rings is 2. The van der Waals surface area contributed by atoms with Crippen molar-refractivity contribution in [3.05, 3.63) is 106 Å². The molecule has 2 amide bonds. The Morgan fingerprint density at radius 1 is 0.720 bits per heavy atom. The second kappa shape index (κ2) is 23.7. The largest absolute Gasteiger partial charge is 0.475 e. The van der Waals surface area contributed by atoms with Crippen molar-refractivity contribution in [1.82, 2.24) is 29.9 Å². The van der Waals surface area contributed by atoms with E-state index in [2.05, 4.69) is 50.3 Å². The van der Waals surface area contributed by atoms with E-state index in [0.717, 1.165) is 75.3 Å². The zero-order chi connectivity index (χ0) is 58.1. The van der Waals surface area contributed by atoms with Crippen molar-refractivity contribution in [2.45, 2.75) is 102 Å². The van der Waals surface area contributed by atoms with E-state index < -0.39 is 41.1 Å². The number of nitrogen functional groups attached to an aromatic ring is 1. The van der Waals surface area contributed by atoms with E-state index in [9.17, 15) is 31.1 Å². The third-order valence-electron chi connectivity index (χ3n) is 13.9. The first-order valence-electron chi connectivity index (χ1n) is 26.4. The molecular weight excluding hydrogens is 1130 g/mol. The standard InChI is InChI=1S/C28H28ClF3N6O4.C17H15ClF3N3.C10H15N3O3/c1-27(2)41-15-19(42-27)14-40-22-8-9-33-25(34-22)36-26(39)38-18-7-4-10-37(13-18)21-12-20(29)23(35-24(21)38)16-5-3-6-17(11-16)28(30,31)32;18-13-8-14-16(22-12-5-2-6-24(14)9-12)23-15(13)10-3-1-4-11(7-10)17(19,20)21;1-10(2)15-6-7(16-10)5-14-8-3-4-12-9(11)13-8/h3,5-6,8-9,11-12,18-19H,4,7,10,13-15H2,1-2H3,(H,33,34,36,39);1,3-4,7-8,12H,2,5-6,9H2,(H,22,23);3-4,7H,5-6H2,1-2H3,(H2,11,12,13)/t18-,19+;12-;7-/m001/s1. The maximum atomic E-state index is 13.7. The molecule has 10 heterocycles. The lowest BCUT2D eigenvalue weighted by molar-refractivity contribution is -0.142. The van der Waals surface area contributed by atoms with Crippen LogP contribution >= 0.6 is 23.2 Å². The van der Waals surface area contributed by atoms with Gasteiger partial charge in [-0.15, -0.1) is 0 Å². The van der Waals surface area contributed by atoms with Crippen molar-refractivity contribution in [3.8, 4) is 34.3 Å². The minimum Gasteiger partial charge on any atom is -0.475 e. The van der Waals surface area contributed by atoms with Gasteiger partial charge in [0, 0.05) is 67.9 Å². The number of nitrogens with zero attached hydrogens (tertiary/aromatic N) is 9. The van der Waals surface area contributed by atoms with Crippen molar-refractivity contribution in [2.24, 2.45) is 0 Å². The van der Waals surface area contributed by atoms with Gasteiger partial charge in [0.05, 0.1) is 63.2 Å². The lowest BCUT2D eigenvalue weighted by Crippen LogP contribution is -2.56. The van der Waals surface area contributed by atoms with Crippen LogP contribution in [0, 0.1) is 0 Å². The molecule has 4 aromatic heterocycles. The number of anilines is 6. The third kappa shape index (κ3) is 13.9. The first kappa shape index (κ1) is 58.2. The number of hydrogen-bond acceptors (Lipinski definition) is 17. The van der Waals surface area contributed by atoms with E-state index in [0.29, 0.717) is 71.9 Å². The number of nitrogens with one attached hydrogen (secondary N) is 2. The van der Waals surface area contributed by atoms with Gasteiger partial charge in [-0.3, -0.25) is 10.2 Å². The molecule has 82 heavy (non-hydrogen) atoms. The number of urea groups is 1. The number of nitrogens with two attached hydrogens (primary N) is 1. The summed E-state index contributed by atoms with van der Waals surface area (Å²) >= 11 is 12.9. The monoisotopic (exact) mass is 1180 g/mol. The lowest BCUT2D eigenvalue weighted by atomic mass is 9.99. The average molecular weight is 1180 g/mol. The number of piperidine rings is 2. The summed E-state index contributed by atoms with van der Waals surface area (Å²) in [6, 6.07) is 16.1. The van der Waals surface area contributed by atoms with Crippen molar-refractivity contribution in [1.29, 1.82) is 0 Å². The predicted molar refractivity (Wildman–Crippen MR) is 294 cm³/mol. The Morgan fingerprint density at radius 3 is 1.84 bits per heavy atom. The highest BCUT2D eigenvalue weighted by atomic mass is 35.5. The number of aromatic nitrogens is 6. The Hall–Kier alpha value is -7.03. The van der Waals surface area contributed by atoms with Crippen LogP contribution in [0.25, 0.3) is 22.5 Å². The van der Waals surface area contributed by atoms with E-state index >= 15 is 0 Å². The van der Waals surface area contributed by atoms with Crippen LogP contribution < -0.4 is 40.5 Å². The molecule has 0 saturated carbocycles. The summed E-state index contributed by atoms with van der Waals surface area (Å²) in [6.07, 6.45) is -2.53. The molecule has 4 N–H and O–H groups in total. The topological polar surface area (TPSA) is 210 Å². The van der Waals surface area contributed by atoms with Crippen LogP contribution in [0.5, 0.6) is 11.8 Å². The molecule has 0 unspecified atom stereocenters. The van der Waals surface area contributed by atoms with Crippen molar-refractivity contribution >= 4 is 64.1 Å². The zero-order valence-corrected chi connectivity index (χ0v) is 46.4. The smallest absolute Gasteiger partial charge is 0.416 e. The summed E-state index contributed by atoms with van der Waals surface area (Å²) in [5, 5.41) is 6.65. The fourth-order valence-electron chi connectivity index (χ4n) is 10.2. The highest BCUT2D eigenvalue weighted by Gasteiger charge is 2.41. The molecule has 2 aromatic carbocycles. The number of halogens is 8. The van der Waals surface area contributed by atoms with Crippen LogP contribution in [0.1, 0.15) is 64.5 Å². The molecule has 4 fully saturated rings. The summed E-state index contributed by atoms with van der Waals surface area (Å²) in [7, 11) is 0. The average Bonchev–Trinajstić information content (AvgIpc) is 2.83. The molecule has 12 rings (SSSR count). The van der Waals surface area contributed by atoms with Gasteiger partial charge in [0.2, 0.25) is 23.7 Å². The van der Waals surface area contributed by atoms with Gasteiger partial charge in [-0.1, -0.05) is 47.5 Å². The van der Waals surface area contributed by atoms with E-state index in [1.54, 1.807) is 36.5 Å². The van der Waals surface area contributed by atoms with Crippen LogP contribution in [0.2, 0.25) is 10.0 Å². The summed E-state index contributed by atoms with van der Waals surface area (Å²) in [5.41, 5.74) is 6.53. The maximum absolute atomic E-state index is 13.7. The second-order valence-electron chi connectivity index (χ2n) is 21.0. The molecule has 0 spiro atoms. The molecule has 4 atom stereocenters. The summed E-state index contributed by atoms with van der Waals surface area (Å²) in [6.45, 7) is 12.0. The molecular formula is C55H58Cl2F6N12O7. The van der Waals surface area contributed by atoms with Crippen LogP contribution in [-0.4, -0.2) is 124 Å². The number of carbonyl (C=O) groups excluding carboxylic acids is 1. The molecule has 0 aliphatic carbocycles. The minimum atomic E-state index is -4.53. The van der Waals surface area contributed by atoms with Gasteiger partial charge in [-0.2, -0.15) is 36.3 Å². The number of hydrogen-bond donors (Lipinski definition) is 3. The maximum Gasteiger partial charge on any atom is 0.416 e. The molecule has 436 valence electrons. The molecule has 6 aliphatic heterocycles. The van der Waals surface area contributed by atoms with E-state index in [1.165, 1.54) is 29.3 Å². The number of fused-ring (bicyclic) bond motifs is 8. The molecule has 27 heteroatoms. The Labute approximate surface area is 477 Å². The first-order valence-corrected chi connectivity index (χ1v) is 27.1. The lowest BCUT2D eigenvalue weighted by Gasteiger charge is -2.45. The van der Waals surface area contributed by atoms with Crippen molar-refractivity contribution in [2.75, 3.05) is 83.7 Å². The number of rotatable bonds is 9. The summed E-state index contributed by atoms with van der Waals surface area (Å²) in [5.74, 6) is 0.691. The molecule has 4 saturated heterocycles. The van der Waals surface area contributed by atoms with Gasteiger partial charge < -0.3 is 49.3 Å². The van der Waals surface area contributed by atoms with E-state index in [1.807, 2.05) is 27.7 Å². The number of pyridine rings is 2. The van der Waals surface area contributed by atoms with Crippen LogP contribution in [-0.2, 0) is 31.3 Å². The van der Waals surface area contributed by atoms with Crippen LogP contribution in [0.15, 0.2) is 85.2 Å². The fraction of sp³-hybridized carbons (Fsp3) is 0.436. The van der Waals surface area contributed by atoms with Crippen molar-refractivity contribution < 1.29 is 59.6 Å². The zero-order valence-electron chi connectivity index (χ0n) is 44.9. The fourth-order valence-corrected chi connectivity index (χ4v) is 10.8. The van der Waals surface area contributed by atoms with Gasteiger partial charge in [0.25, 0.3) is 0 Å². The van der Waals surface area contributed by atoms with E-state index in [4.69, 9.17) is 57.4 Å². The highest BCUT2D eigenvalue weighted by Crippen LogP contribution is 2.44. The normalized spacial score (nSPS) is 21.1.